The average molecular weight is 467 g/mol. The molecule has 0 saturated carbocycles. The molecule has 33 heavy (non-hydrogen) atoms. The normalized spacial score (nSPS) is 15.9. The average Bonchev–Trinajstić information content (AvgIpc) is 3.32. The van der Waals surface area contributed by atoms with Crippen LogP contribution in [0.4, 0.5) is 5.82 Å². The maximum Gasteiger partial charge on any atom is 0.263 e. The van der Waals surface area contributed by atoms with Gasteiger partial charge in [-0.1, -0.05) is 17.7 Å². The van der Waals surface area contributed by atoms with E-state index in [1.165, 1.54) is 0 Å². The van der Waals surface area contributed by atoms with Gasteiger partial charge in [0.15, 0.2) is 23.4 Å². The van der Waals surface area contributed by atoms with Gasteiger partial charge in [0.25, 0.3) is 5.91 Å². The van der Waals surface area contributed by atoms with Gasteiger partial charge in [-0.3, -0.25) is 4.79 Å². The van der Waals surface area contributed by atoms with Crippen molar-refractivity contribution in [2.24, 2.45) is 0 Å². The number of nitrogens with zero attached hydrogens (tertiary/aromatic N) is 4. The lowest BCUT2D eigenvalue weighted by Crippen LogP contribution is -2.52. The molecule has 2 aliphatic rings. The predicted octanol–water partition coefficient (Wildman–Crippen LogP) is 3.64. The molecule has 8 nitrogen and oxygen atoms in total. The Morgan fingerprint density at radius 3 is 2.58 bits per heavy atom. The summed E-state index contributed by atoms with van der Waals surface area (Å²) in [6, 6.07) is 16.7. The number of carbonyl (C=O) groups is 1. The van der Waals surface area contributed by atoms with Crippen LogP contribution in [0.1, 0.15) is 6.92 Å². The number of rotatable bonds is 5. The van der Waals surface area contributed by atoms with E-state index in [9.17, 15) is 4.79 Å². The lowest BCUT2D eigenvalue weighted by molar-refractivity contribution is -0.138. The Bertz CT molecular complexity index is 1150. The van der Waals surface area contributed by atoms with Crippen molar-refractivity contribution in [1.29, 1.82) is 0 Å². The molecular formula is C24H23ClN4O4. The van der Waals surface area contributed by atoms with Crippen molar-refractivity contribution >= 4 is 23.3 Å². The number of fused-ring (bicyclic) bond motifs is 1. The molecule has 2 aromatic carbocycles. The molecule has 0 radical (unpaired) electrons. The Balaban J connectivity index is 1.17. The summed E-state index contributed by atoms with van der Waals surface area (Å²) in [6.45, 7) is 4.53. The molecule has 3 aromatic rings. The molecule has 5 rings (SSSR count). The molecule has 170 valence electrons. The summed E-state index contributed by atoms with van der Waals surface area (Å²) in [5.74, 6) is 2.78. The summed E-state index contributed by atoms with van der Waals surface area (Å²) in [6.07, 6.45) is -0.587. The van der Waals surface area contributed by atoms with Crippen LogP contribution >= 0.6 is 11.6 Å². The van der Waals surface area contributed by atoms with Crippen molar-refractivity contribution in [3.8, 4) is 28.5 Å². The first-order valence-electron chi connectivity index (χ1n) is 10.8. The number of benzene rings is 2. The minimum absolute atomic E-state index is 0.0427. The minimum Gasteiger partial charge on any atom is -0.481 e. The minimum atomic E-state index is -0.587. The highest BCUT2D eigenvalue weighted by atomic mass is 35.5. The van der Waals surface area contributed by atoms with Crippen LogP contribution in [0.15, 0.2) is 54.6 Å². The van der Waals surface area contributed by atoms with Gasteiger partial charge in [0.1, 0.15) is 5.75 Å². The molecule has 3 heterocycles. The Morgan fingerprint density at radius 1 is 1.00 bits per heavy atom. The third-order valence-electron chi connectivity index (χ3n) is 5.69. The summed E-state index contributed by atoms with van der Waals surface area (Å²) < 4.78 is 16.6. The van der Waals surface area contributed by atoms with Gasteiger partial charge in [-0.25, -0.2) is 0 Å². The second-order valence-corrected chi connectivity index (χ2v) is 8.31. The molecule has 1 amide bonds. The van der Waals surface area contributed by atoms with Gasteiger partial charge in [0.05, 0.1) is 5.69 Å². The smallest absolute Gasteiger partial charge is 0.263 e. The third kappa shape index (κ3) is 4.66. The van der Waals surface area contributed by atoms with E-state index in [1.54, 1.807) is 31.2 Å². The quantitative estimate of drug-likeness (QED) is 0.568. The van der Waals surface area contributed by atoms with Gasteiger partial charge in [-0.15, -0.1) is 10.2 Å². The van der Waals surface area contributed by atoms with Crippen LogP contribution < -0.4 is 19.1 Å². The van der Waals surface area contributed by atoms with Crippen molar-refractivity contribution in [3.05, 3.63) is 59.6 Å². The molecule has 0 N–H and O–H groups in total. The maximum absolute atomic E-state index is 12.8. The Labute approximate surface area is 196 Å². The molecule has 0 spiro atoms. The highest BCUT2D eigenvalue weighted by molar-refractivity contribution is 6.30. The number of ether oxygens (including phenoxy) is 3. The van der Waals surface area contributed by atoms with Crippen LogP contribution in [-0.2, 0) is 4.79 Å². The van der Waals surface area contributed by atoms with Gasteiger partial charge in [0, 0.05) is 36.8 Å². The first-order valence-corrected chi connectivity index (χ1v) is 11.1. The molecule has 1 fully saturated rings. The molecule has 1 saturated heterocycles. The van der Waals surface area contributed by atoms with Crippen molar-refractivity contribution in [3.63, 3.8) is 0 Å². The zero-order valence-electron chi connectivity index (χ0n) is 18.1. The predicted molar refractivity (Wildman–Crippen MR) is 124 cm³/mol. The third-order valence-corrected chi connectivity index (χ3v) is 5.93. The van der Waals surface area contributed by atoms with Crippen molar-refractivity contribution in [2.75, 3.05) is 37.9 Å². The topological polar surface area (TPSA) is 77.0 Å². The number of carbonyl (C=O) groups excluding carboxylic acids is 1. The number of hydrogen-bond donors (Lipinski definition) is 0. The number of anilines is 1. The summed E-state index contributed by atoms with van der Waals surface area (Å²) in [5.41, 5.74) is 1.68. The van der Waals surface area contributed by atoms with E-state index in [4.69, 9.17) is 25.8 Å². The molecule has 0 aliphatic carbocycles. The highest BCUT2D eigenvalue weighted by Crippen LogP contribution is 2.35. The zero-order chi connectivity index (χ0) is 22.8. The van der Waals surface area contributed by atoms with E-state index >= 15 is 0 Å². The Hall–Kier alpha value is -3.52. The fourth-order valence-electron chi connectivity index (χ4n) is 3.91. The molecular weight excluding hydrogens is 444 g/mol. The zero-order valence-corrected chi connectivity index (χ0v) is 18.9. The van der Waals surface area contributed by atoms with Crippen molar-refractivity contribution < 1.29 is 19.0 Å². The van der Waals surface area contributed by atoms with E-state index in [2.05, 4.69) is 15.1 Å². The van der Waals surface area contributed by atoms with E-state index < -0.39 is 6.10 Å². The Morgan fingerprint density at radius 2 is 1.82 bits per heavy atom. The second-order valence-electron chi connectivity index (χ2n) is 7.87. The van der Waals surface area contributed by atoms with E-state index in [0.717, 1.165) is 22.8 Å². The molecule has 9 heteroatoms. The van der Waals surface area contributed by atoms with Gasteiger partial charge < -0.3 is 24.0 Å². The molecule has 1 unspecified atom stereocenters. The van der Waals surface area contributed by atoms with Crippen LogP contribution in [0.2, 0.25) is 5.02 Å². The van der Waals surface area contributed by atoms with Gasteiger partial charge in [0.2, 0.25) is 6.79 Å². The molecule has 0 bridgehead atoms. The first kappa shape index (κ1) is 21.3. The highest BCUT2D eigenvalue weighted by Gasteiger charge is 2.27. The maximum atomic E-state index is 12.8. The van der Waals surface area contributed by atoms with Crippen LogP contribution in [0.3, 0.4) is 0 Å². The number of aromatic nitrogens is 2. The summed E-state index contributed by atoms with van der Waals surface area (Å²) in [4.78, 5) is 16.8. The van der Waals surface area contributed by atoms with Gasteiger partial charge in [-0.05, 0) is 55.5 Å². The standard InChI is InChI=1S/C24H23ClN4O4/c1-16(33-19-4-2-3-18(25)14-19)24(30)29-11-9-28(10-12-29)23-8-6-20(26-27-23)17-5-7-21-22(13-17)32-15-31-21/h2-8,13-14,16H,9-12,15H2,1H3. The van der Waals surface area contributed by atoms with Crippen molar-refractivity contribution in [2.45, 2.75) is 13.0 Å². The first-order chi connectivity index (χ1) is 16.1. The number of hydrogen-bond acceptors (Lipinski definition) is 7. The van der Waals surface area contributed by atoms with Gasteiger partial charge >= 0.3 is 0 Å². The van der Waals surface area contributed by atoms with Gasteiger partial charge in [-0.2, -0.15) is 0 Å². The van der Waals surface area contributed by atoms with Crippen LogP contribution in [0.25, 0.3) is 11.3 Å². The lowest BCUT2D eigenvalue weighted by Gasteiger charge is -2.36. The molecule has 2 aliphatic heterocycles. The Kier molecular flexibility index (Phi) is 5.92. The molecule has 1 aromatic heterocycles. The monoisotopic (exact) mass is 466 g/mol. The summed E-state index contributed by atoms with van der Waals surface area (Å²) in [7, 11) is 0. The number of amides is 1. The molecule has 1 atom stereocenters. The summed E-state index contributed by atoms with van der Waals surface area (Å²) in [5, 5.41) is 9.37. The largest absolute Gasteiger partial charge is 0.481 e. The van der Waals surface area contributed by atoms with E-state index in [0.29, 0.717) is 42.7 Å². The fraction of sp³-hybridized carbons (Fsp3) is 0.292. The van der Waals surface area contributed by atoms with Crippen LogP contribution in [0, 0.1) is 0 Å². The van der Waals surface area contributed by atoms with Crippen molar-refractivity contribution in [1.82, 2.24) is 15.1 Å². The fourth-order valence-corrected chi connectivity index (χ4v) is 4.09. The number of halogens is 1. The lowest BCUT2D eigenvalue weighted by atomic mass is 10.1. The number of piperazine rings is 1. The van der Waals surface area contributed by atoms with Crippen LogP contribution in [0.5, 0.6) is 17.2 Å². The summed E-state index contributed by atoms with van der Waals surface area (Å²) >= 11 is 6.00. The van der Waals surface area contributed by atoms with E-state index in [1.807, 2.05) is 35.2 Å². The van der Waals surface area contributed by atoms with Crippen LogP contribution in [-0.4, -0.2) is 60.1 Å². The second kappa shape index (κ2) is 9.15. The SMILES string of the molecule is CC(Oc1cccc(Cl)c1)C(=O)N1CCN(c2ccc(-c3ccc4c(c3)OCO4)nn2)CC1. The van der Waals surface area contributed by atoms with E-state index in [-0.39, 0.29) is 12.7 Å².